The van der Waals surface area contributed by atoms with Crippen molar-refractivity contribution in [3.05, 3.63) is 76.5 Å². The highest BCUT2D eigenvalue weighted by atomic mass is 79.9. The minimum atomic E-state index is -3.63. The quantitative estimate of drug-likeness (QED) is 0.555. The molecule has 0 saturated heterocycles. The van der Waals surface area contributed by atoms with E-state index in [-0.39, 0.29) is 4.90 Å². The van der Waals surface area contributed by atoms with Crippen LogP contribution in [0.4, 0.5) is 0 Å². The molecular weight excluding hydrogens is 416 g/mol. The van der Waals surface area contributed by atoms with Crippen LogP contribution in [-0.2, 0) is 23.0 Å². The van der Waals surface area contributed by atoms with E-state index in [0.717, 1.165) is 40.1 Å². The molecule has 3 N–H and O–H groups in total. The van der Waals surface area contributed by atoms with Crippen molar-refractivity contribution in [2.75, 3.05) is 6.54 Å². The average Bonchev–Trinajstić information content (AvgIpc) is 3.08. The van der Waals surface area contributed by atoms with Gasteiger partial charge in [0.25, 0.3) is 0 Å². The molecule has 3 rings (SSSR count). The van der Waals surface area contributed by atoms with Gasteiger partial charge in [0.1, 0.15) is 11.5 Å². The van der Waals surface area contributed by atoms with Gasteiger partial charge in [-0.05, 0) is 54.9 Å². The van der Waals surface area contributed by atoms with Crippen LogP contribution in [0.2, 0.25) is 0 Å². The summed E-state index contributed by atoms with van der Waals surface area (Å²) in [4.78, 5) is 0.130. The molecule has 0 aliphatic heterocycles. The van der Waals surface area contributed by atoms with Crippen LogP contribution in [0.3, 0.4) is 0 Å². The fourth-order valence-corrected chi connectivity index (χ4v) is 3.31. The molecule has 0 atom stereocenters. The number of benzene rings is 2. The predicted octanol–water partition coefficient (Wildman–Crippen LogP) is 3.69. The SMILES string of the molecule is NS(=O)(=O)c1ccc(CCNCc2ccc(-c3ccc(Br)cc3)o2)cc1. The standard InChI is InChI=1S/C19H19BrN2O3S/c20-16-5-3-15(4-6-16)19-10-7-17(25-19)13-22-12-11-14-1-8-18(9-2-14)26(21,23)24/h1-10,22H,11-13H2,(H2,21,23,24). The number of hydrogen-bond acceptors (Lipinski definition) is 4. The van der Waals surface area contributed by atoms with Crippen molar-refractivity contribution in [3.8, 4) is 11.3 Å². The number of furan rings is 1. The summed E-state index contributed by atoms with van der Waals surface area (Å²) in [5.41, 5.74) is 2.08. The molecule has 0 fully saturated rings. The maximum Gasteiger partial charge on any atom is 0.238 e. The molecule has 0 aliphatic carbocycles. The zero-order valence-electron chi connectivity index (χ0n) is 14.0. The van der Waals surface area contributed by atoms with Gasteiger partial charge in [0, 0.05) is 10.0 Å². The van der Waals surface area contributed by atoms with Crippen molar-refractivity contribution in [1.29, 1.82) is 0 Å². The van der Waals surface area contributed by atoms with Gasteiger partial charge >= 0.3 is 0 Å². The second kappa shape index (κ2) is 8.18. The van der Waals surface area contributed by atoms with Gasteiger partial charge in [0.2, 0.25) is 10.0 Å². The Balaban J connectivity index is 1.49. The summed E-state index contributed by atoms with van der Waals surface area (Å²) >= 11 is 3.42. The van der Waals surface area contributed by atoms with Crippen LogP contribution in [-0.4, -0.2) is 15.0 Å². The van der Waals surface area contributed by atoms with E-state index in [4.69, 9.17) is 9.56 Å². The van der Waals surface area contributed by atoms with Crippen LogP contribution in [0.1, 0.15) is 11.3 Å². The summed E-state index contributed by atoms with van der Waals surface area (Å²) in [5.74, 6) is 1.71. The van der Waals surface area contributed by atoms with Gasteiger partial charge in [-0.15, -0.1) is 0 Å². The van der Waals surface area contributed by atoms with Gasteiger partial charge in [-0.25, -0.2) is 13.6 Å². The summed E-state index contributed by atoms with van der Waals surface area (Å²) in [6.07, 6.45) is 0.783. The molecule has 26 heavy (non-hydrogen) atoms. The Hall–Kier alpha value is -1.93. The second-order valence-electron chi connectivity index (χ2n) is 5.89. The number of rotatable bonds is 7. The molecule has 0 saturated carbocycles. The van der Waals surface area contributed by atoms with E-state index >= 15 is 0 Å². The minimum Gasteiger partial charge on any atom is -0.460 e. The zero-order valence-corrected chi connectivity index (χ0v) is 16.4. The highest BCUT2D eigenvalue weighted by Gasteiger charge is 2.07. The maximum atomic E-state index is 11.2. The van der Waals surface area contributed by atoms with Crippen molar-refractivity contribution < 1.29 is 12.8 Å². The third-order valence-electron chi connectivity index (χ3n) is 3.93. The van der Waals surface area contributed by atoms with Gasteiger partial charge in [0.05, 0.1) is 11.4 Å². The van der Waals surface area contributed by atoms with E-state index in [0.29, 0.717) is 6.54 Å². The first-order valence-electron chi connectivity index (χ1n) is 8.09. The van der Waals surface area contributed by atoms with E-state index in [9.17, 15) is 8.42 Å². The molecule has 5 nitrogen and oxygen atoms in total. The summed E-state index contributed by atoms with van der Waals surface area (Å²) < 4.78 is 29.4. The topological polar surface area (TPSA) is 85.3 Å². The summed E-state index contributed by atoms with van der Waals surface area (Å²) in [6, 6.07) is 18.5. The Morgan fingerprint density at radius 3 is 2.31 bits per heavy atom. The van der Waals surface area contributed by atoms with Gasteiger partial charge < -0.3 is 9.73 Å². The molecule has 3 aromatic rings. The lowest BCUT2D eigenvalue weighted by atomic mass is 10.1. The van der Waals surface area contributed by atoms with Crippen LogP contribution in [0, 0.1) is 0 Å². The van der Waals surface area contributed by atoms with E-state index in [1.165, 1.54) is 12.1 Å². The van der Waals surface area contributed by atoms with Gasteiger partial charge in [0.15, 0.2) is 0 Å². The first kappa shape index (κ1) is 18.8. The van der Waals surface area contributed by atoms with Crippen LogP contribution >= 0.6 is 15.9 Å². The zero-order chi connectivity index (χ0) is 18.6. The first-order chi connectivity index (χ1) is 12.4. The van der Waals surface area contributed by atoms with Crippen LogP contribution in [0.5, 0.6) is 0 Å². The Morgan fingerprint density at radius 1 is 0.962 bits per heavy atom. The monoisotopic (exact) mass is 434 g/mol. The molecule has 0 amide bonds. The Kier molecular flexibility index (Phi) is 5.93. The van der Waals surface area contributed by atoms with Crippen molar-refractivity contribution >= 4 is 26.0 Å². The van der Waals surface area contributed by atoms with E-state index in [1.54, 1.807) is 12.1 Å². The van der Waals surface area contributed by atoms with Crippen molar-refractivity contribution in [2.45, 2.75) is 17.9 Å². The van der Waals surface area contributed by atoms with Crippen LogP contribution in [0.15, 0.2) is 74.4 Å². The molecule has 1 heterocycles. The predicted molar refractivity (Wildman–Crippen MR) is 105 cm³/mol. The van der Waals surface area contributed by atoms with E-state index < -0.39 is 10.0 Å². The number of sulfonamides is 1. The fraction of sp³-hybridized carbons (Fsp3) is 0.158. The van der Waals surface area contributed by atoms with Gasteiger partial charge in [-0.2, -0.15) is 0 Å². The van der Waals surface area contributed by atoms with E-state index in [2.05, 4.69) is 21.2 Å². The van der Waals surface area contributed by atoms with E-state index in [1.807, 2.05) is 36.4 Å². The molecule has 0 aliphatic rings. The number of primary sulfonamides is 1. The van der Waals surface area contributed by atoms with Crippen LogP contribution < -0.4 is 10.5 Å². The normalized spacial score (nSPS) is 11.6. The number of nitrogens with one attached hydrogen (secondary N) is 1. The van der Waals surface area contributed by atoms with Gasteiger partial charge in [-0.3, -0.25) is 0 Å². The fourth-order valence-electron chi connectivity index (χ4n) is 2.53. The molecule has 0 unspecified atom stereocenters. The molecule has 136 valence electrons. The van der Waals surface area contributed by atoms with Crippen molar-refractivity contribution in [2.24, 2.45) is 5.14 Å². The lowest BCUT2D eigenvalue weighted by molar-refractivity contribution is 0.494. The highest BCUT2D eigenvalue weighted by Crippen LogP contribution is 2.23. The summed E-state index contributed by atoms with van der Waals surface area (Å²) in [5, 5.41) is 8.42. The van der Waals surface area contributed by atoms with Crippen molar-refractivity contribution in [1.82, 2.24) is 5.32 Å². The lowest BCUT2D eigenvalue weighted by Crippen LogP contribution is -2.16. The summed E-state index contributed by atoms with van der Waals surface area (Å²) in [7, 11) is -3.63. The number of nitrogens with two attached hydrogens (primary N) is 1. The Morgan fingerprint density at radius 2 is 1.65 bits per heavy atom. The Bertz CT molecular complexity index is 965. The minimum absolute atomic E-state index is 0.130. The molecule has 1 aromatic heterocycles. The lowest BCUT2D eigenvalue weighted by Gasteiger charge is -2.05. The molecule has 0 radical (unpaired) electrons. The summed E-state index contributed by atoms with van der Waals surface area (Å²) in [6.45, 7) is 1.38. The first-order valence-corrected chi connectivity index (χ1v) is 10.4. The average molecular weight is 435 g/mol. The highest BCUT2D eigenvalue weighted by molar-refractivity contribution is 9.10. The van der Waals surface area contributed by atoms with Gasteiger partial charge in [-0.1, -0.05) is 40.2 Å². The second-order valence-corrected chi connectivity index (χ2v) is 8.37. The number of hydrogen-bond donors (Lipinski definition) is 2. The molecule has 0 spiro atoms. The van der Waals surface area contributed by atoms with Crippen LogP contribution in [0.25, 0.3) is 11.3 Å². The number of halogens is 1. The molecule has 0 bridgehead atoms. The largest absolute Gasteiger partial charge is 0.460 e. The Labute approximate surface area is 161 Å². The van der Waals surface area contributed by atoms with Crippen molar-refractivity contribution in [3.63, 3.8) is 0 Å². The third-order valence-corrected chi connectivity index (χ3v) is 5.39. The molecule has 7 heteroatoms. The maximum absolute atomic E-state index is 11.2. The molecular formula is C19H19BrN2O3S. The smallest absolute Gasteiger partial charge is 0.238 e. The molecule has 2 aromatic carbocycles. The third kappa shape index (κ3) is 5.04.